The number of hydrogen-bond donors (Lipinski definition) is 3. The van der Waals surface area contributed by atoms with E-state index in [2.05, 4.69) is 45.1 Å². The van der Waals surface area contributed by atoms with E-state index in [9.17, 15) is 9.59 Å². The molecular weight excluding hydrogens is 364 g/mol. The summed E-state index contributed by atoms with van der Waals surface area (Å²) in [5, 5.41) is 9.93. The maximum absolute atomic E-state index is 12.6. The van der Waals surface area contributed by atoms with Gasteiger partial charge in [0, 0.05) is 37.6 Å². The number of nitrogens with one attached hydrogen (secondary N) is 3. The number of aryl methyl sites for hydroxylation is 1. The van der Waals surface area contributed by atoms with Crippen molar-refractivity contribution in [3.8, 4) is 0 Å². The first-order valence-electron chi connectivity index (χ1n) is 11.3. The van der Waals surface area contributed by atoms with Crippen molar-refractivity contribution >= 4 is 11.8 Å². The molecule has 1 saturated carbocycles. The number of piperidine rings is 1. The van der Waals surface area contributed by atoms with Gasteiger partial charge < -0.3 is 10.6 Å². The second-order valence-electron chi connectivity index (χ2n) is 8.77. The molecule has 1 aromatic carbocycles. The van der Waals surface area contributed by atoms with Gasteiger partial charge >= 0.3 is 0 Å². The molecule has 158 valence electrons. The molecule has 0 radical (unpaired) electrons. The Balaban J connectivity index is 1.18. The lowest BCUT2D eigenvalue weighted by atomic mass is 9.88. The fourth-order valence-corrected chi connectivity index (χ4v) is 5.03. The van der Waals surface area contributed by atoms with Gasteiger partial charge in [-0.15, -0.1) is 0 Å². The van der Waals surface area contributed by atoms with E-state index in [0.29, 0.717) is 12.1 Å². The fourth-order valence-electron chi connectivity index (χ4n) is 5.03. The van der Waals surface area contributed by atoms with E-state index in [0.717, 1.165) is 58.2 Å². The molecule has 0 spiro atoms. The predicted molar refractivity (Wildman–Crippen MR) is 113 cm³/mol. The maximum Gasteiger partial charge on any atom is 0.252 e. The Labute approximate surface area is 173 Å². The maximum atomic E-state index is 12.6. The van der Waals surface area contributed by atoms with Gasteiger partial charge in [0.25, 0.3) is 5.91 Å². The topological polar surface area (TPSA) is 73.5 Å². The standard InChI is InChI=1S/C23H34N4O2/c28-22(24-14-6-9-17-7-2-1-3-8-17)18-12-15-27(16-13-18)21-23(29)26-20-11-5-4-10-19(20)25-21/h1-3,7-8,18-21,25H,4-6,9-16H2,(H,24,28)(H,26,29). The molecule has 2 heterocycles. The molecule has 2 aliphatic heterocycles. The Kier molecular flexibility index (Phi) is 6.82. The van der Waals surface area contributed by atoms with Crippen molar-refractivity contribution in [1.82, 2.24) is 20.9 Å². The molecule has 3 fully saturated rings. The first-order chi connectivity index (χ1) is 14.2. The number of nitrogens with zero attached hydrogens (tertiary/aromatic N) is 1. The van der Waals surface area contributed by atoms with Gasteiger partial charge in [-0.25, -0.2) is 0 Å². The van der Waals surface area contributed by atoms with Gasteiger partial charge in [-0.3, -0.25) is 19.8 Å². The van der Waals surface area contributed by atoms with Crippen molar-refractivity contribution < 1.29 is 9.59 Å². The Morgan fingerprint density at radius 1 is 1.03 bits per heavy atom. The van der Waals surface area contributed by atoms with Crippen LogP contribution in [-0.4, -0.2) is 54.6 Å². The van der Waals surface area contributed by atoms with E-state index in [1.807, 2.05) is 6.07 Å². The van der Waals surface area contributed by atoms with Crippen LogP contribution < -0.4 is 16.0 Å². The lowest BCUT2D eigenvalue weighted by Crippen LogP contribution is -2.69. The average Bonchev–Trinajstić information content (AvgIpc) is 2.77. The largest absolute Gasteiger partial charge is 0.356 e. The summed E-state index contributed by atoms with van der Waals surface area (Å²) in [5.74, 6) is 0.347. The highest BCUT2D eigenvalue weighted by molar-refractivity contribution is 5.83. The van der Waals surface area contributed by atoms with Crippen LogP contribution in [0, 0.1) is 5.92 Å². The number of carbonyl (C=O) groups is 2. The van der Waals surface area contributed by atoms with Crippen molar-refractivity contribution in [1.29, 1.82) is 0 Å². The molecule has 6 nitrogen and oxygen atoms in total. The molecule has 3 atom stereocenters. The van der Waals surface area contributed by atoms with Crippen LogP contribution in [-0.2, 0) is 16.0 Å². The molecule has 2 saturated heterocycles. The molecule has 1 aliphatic carbocycles. The second-order valence-corrected chi connectivity index (χ2v) is 8.77. The summed E-state index contributed by atoms with van der Waals surface area (Å²) in [6.45, 7) is 2.32. The molecule has 29 heavy (non-hydrogen) atoms. The molecule has 3 N–H and O–H groups in total. The van der Waals surface area contributed by atoms with Gasteiger partial charge in [0.05, 0.1) is 0 Å². The van der Waals surface area contributed by atoms with Crippen molar-refractivity contribution in [3.05, 3.63) is 35.9 Å². The smallest absolute Gasteiger partial charge is 0.252 e. The highest BCUT2D eigenvalue weighted by Crippen LogP contribution is 2.25. The fraction of sp³-hybridized carbons (Fsp3) is 0.652. The Hall–Kier alpha value is -1.92. The van der Waals surface area contributed by atoms with Crippen molar-refractivity contribution in [2.24, 2.45) is 5.92 Å². The zero-order valence-corrected chi connectivity index (χ0v) is 17.2. The Bertz CT molecular complexity index is 687. The summed E-state index contributed by atoms with van der Waals surface area (Å²) >= 11 is 0. The zero-order chi connectivity index (χ0) is 20.1. The summed E-state index contributed by atoms with van der Waals surface area (Å²) in [4.78, 5) is 27.3. The summed E-state index contributed by atoms with van der Waals surface area (Å²) in [6, 6.07) is 11.1. The first-order valence-corrected chi connectivity index (χ1v) is 11.3. The number of hydrogen-bond acceptors (Lipinski definition) is 4. The van der Waals surface area contributed by atoms with Gasteiger partial charge in [-0.2, -0.15) is 0 Å². The number of fused-ring (bicyclic) bond motifs is 1. The molecule has 0 aromatic heterocycles. The molecule has 6 heteroatoms. The summed E-state index contributed by atoms with van der Waals surface area (Å²) in [7, 11) is 0. The average molecular weight is 399 g/mol. The van der Waals surface area contributed by atoms with Crippen LogP contribution in [0.4, 0.5) is 0 Å². The number of benzene rings is 1. The zero-order valence-electron chi connectivity index (χ0n) is 17.2. The summed E-state index contributed by atoms with van der Waals surface area (Å²) < 4.78 is 0. The molecule has 0 bridgehead atoms. The van der Waals surface area contributed by atoms with Gasteiger partial charge in [0.1, 0.15) is 6.17 Å². The van der Waals surface area contributed by atoms with Crippen molar-refractivity contribution in [2.75, 3.05) is 19.6 Å². The van der Waals surface area contributed by atoms with E-state index in [1.165, 1.54) is 18.4 Å². The van der Waals surface area contributed by atoms with Crippen LogP contribution in [0.1, 0.15) is 50.5 Å². The molecule has 2 amide bonds. The quantitative estimate of drug-likeness (QED) is 0.639. The minimum absolute atomic E-state index is 0.0667. The Morgan fingerprint density at radius 2 is 1.76 bits per heavy atom. The highest BCUT2D eigenvalue weighted by atomic mass is 16.2. The molecule has 3 aliphatic rings. The molecule has 1 aromatic rings. The molecule has 4 rings (SSSR count). The number of amides is 2. The van der Waals surface area contributed by atoms with E-state index >= 15 is 0 Å². The van der Waals surface area contributed by atoms with E-state index in [1.54, 1.807) is 0 Å². The molecule has 3 unspecified atom stereocenters. The van der Waals surface area contributed by atoms with Crippen molar-refractivity contribution in [2.45, 2.75) is 69.6 Å². The van der Waals surface area contributed by atoms with Crippen LogP contribution in [0.25, 0.3) is 0 Å². The van der Waals surface area contributed by atoms with Gasteiger partial charge in [-0.1, -0.05) is 43.2 Å². The SMILES string of the molecule is O=C(NCCCc1ccccc1)C1CCN(C2NC3CCCCC3NC2=O)CC1. The number of carbonyl (C=O) groups excluding carboxylic acids is 2. The van der Waals surface area contributed by atoms with Gasteiger partial charge in [0.2, 0.25) is 5.91 Å². The van der Waals surface area contributed by atoms with Crippen molar-refractivity contribution in [3.63, 3.8) is 0 Å². The minimum atomic E-state index is -0.232. The van der Waals surface area contributed by atoms with Crippen LogP contribution >= 0.6 is 0 Å². The first kappa shape index (κ1) is 20.4. The third kappa shape index (κ3) is 5.17. The number of piperazine rings is 1. The number of likely N-dealkylation sites (tertiary alicyclic amines) is 1. The van der Waals surface area contributed by atoms with Gasteiger partial charge in [-0.05, 0) is 44.1 Å². The third-order valence-electron chi connectivity index (χ3n) is 6.76. The van der Waals surface area contributed by atoms with Crippen LogP contribution in [0.2, 0.25) is 0 Å². The minimum Gasteiger partial charge on any atom is -0.356 e. The molecular formula is C23H34N4O2. The highest BCUT2D eigenvalue weighted by Gasteiger charge is 2.40. The van der Waals surface area contributed by atoms with Crippen LogP contribution in [0.15, 0.2) is 30.3 Å². The lowest BCUT2D eigenvalue weighted by molar-refractivity contribution is -0.134. The summed E-state index contributed by atoms with van der Waals surface area (Å²) in [6.07, 6.45) is 8.04. The predicted octanol–water partition coefficient (Wildman–Crippen LogP) is 1.80. The van der Waals surface area contributed by atoms with Gasteiger partial charge in [0.15, 0.2) is 0 Å². The van der Waals surface area contributed by atoms with E-state index in [-0.39, 0.29) is 23.9 Å². The van der Waals surface area contributed by atoms with E-state index in [4.69, 9.17) is 0 Å². The summed E-state index contributed by atoms with van der Waals surface area (Å²) in [5.41, 5.74) is 1.31. The number of rotatable bonds is 6. The van der Waals surface area contributed by atoms with Crippen LogP contribution in [0.3, 0.4) is 0 Å². The third-order valence-corrected chi connectivity index (χ3v) is 6.76. The second kappa shape index (κ2) is 9.72. The van der Waals surface area contributed by atoms with E-state index < -0.39 is 0 Å². The monoisotopic (exact) mass is 398 g/mol. The normalized spacial score (nSPS) is 28.4. The van der Waals surface area contributed by atoms with Crippen LogP contribution in [0.5, 0.6) is 0 Å². The lowest BCUT2D eigenvalue weighted by Gasteiger charge is -2.45. The Morgan fingerprint density at radius 3 is 2.52 bits per heavy atom.